The number of hydrogen-bond donors (Lipinski definition) is 0. The molecule has 4 heteroatoms. The summed E-state index contributed by atoms with van der Waals surface area (Å²) in [5, 5.41) is 0. The van der Waals surface area contributed by atoms with Crippen LogP contribution in [0.4, 0.5) is 0 Å². The van der Waals surface area contributed by atoms with Gasteiger partial charge in [0.25, 0.3) is 0 Å². The lowest BCUT2D eigenvalue weighted by atomic mass is 10.1. The number of unbranched alkanes of at least 4 members (excludes halogenated alkanes) is 1. The van der Waals surface area contributed by atoms with Crippen LogP contribution in [0, 0.1) is 0 Å². The Bertz CT molecular complexity index is 441. The predicted octanol–water partition coefficient (Wildman–Crippen LogP) is 2.17. The Balaban J connectivity index is 2.13. The number of hydrogen-bond acceptors (Lipinski definition) is 2. The molecule has 1 atom stereocenters. The fourth-order valence-corrected chi connectivity index (χ4v) is 3.73. The third kappa shape index (κ3) is 2.13. The molecular weight excluding hydrogens is 222 g/mol. The summed E-state index contributed by atoms with van der Waals surface area (Å²) in [4.78, 5) is 0. The summed E-state index contributed by atoms with van der Waals surface area (Å²) in [5.41, 5.74) is 1.11. The predicted molar refractivity (Wildman–Crippen MR) is 64.6 cm³/mol. The molecular formula is C12H17NO2S. The SMILES string of the molecule is CCCCN1C(c2ccccc2)CS1(=O)=O. The van der Waals surface area contributed by atoms with Gasteiger partial charge < -0.3 is 0 Å². The van der Waals surface area contributed by atoms with Crippen LogP contribution in [0.1, 0.15) is 31.4 Å². The summed E-state index contributed by atoms with van der Waals surface area (Å²) in [7, 11) is -2.96. The molecule has 0 amide bonds. The topological polar surface area (TPSA) is 37.4 Å². The average molecular weight is 239 g/mol. The van der Waals surface area contributed by atoms with Crippen LogP contribution in [-0.4, -0.2) is 25.0 Å². The highest BCUT2D eigenvalue weighted by Gasteiger charge is 2.43. The highest BCUT2D eigenvalue weighted by atomic mass is 32.2. The molecule has 1 saturated heterocycles. The highest BCUT2D eigenvalue weighted by molar-refractivity contribution is 7.90. The minimum absolute atomic E-state index is 0.0674. The Morgan fingerprint density at radius 1 is 1.31 bits per heavy atom. The van der Waals surface area contributed by atoms with Gasteiger partial charge in [-0.3, -0.25) is 0 Å². The second kappa shape index (κ2) is 4.55. The Kier molecular flexibility index (Phi) is 3.30. The van der Waals surface area contributed by atoms with E-state index in [-0.39, 0.29) is 11.8 Å². The van der Waals surface area contributed by atoms with E-state index in [9.17, 15) is 8.42 Å². The smallest absolute Gasteiger partial charge is 0.212 e. The number of benzene rings is 1. The van der Waals surface area contributed by atoms with Crippen molar-refractivity contribution in [3.63, 3.8) is 0 Å². The number of sulfonamides is 1. The van der Waals surface area contributed by atoms with E-state index in [0.717, 1.165) is 18.4 Å². The van der Waals surface area contributed by atoms with Gasteiger partial charge in [-0.25, -0.2) is 8.42 Å². The standard InChI is InChI=1S/C12H17NO2S/c1-2-3-9-13-12(10-16(13,14)15)11-7-5-4-6-8-11/h4-8,12H,2-3,9-10H2,1H3. The highest BCUT2D eigenvalue weighted by Crippen LogP contribution is 2.35. The first-order chi connectivity index (χ1) is 7.65. The molecule has 1 aliphatic rings. The summed E-state index contributed by atoms with van der Waals surface area (Å²) in [6.07, 6.45) is 1.95. The maximum absolute atomic E-state index is 11.6. The van der Waals surface area contributed by atoms with Crippen molar-refractivity contribution in [1.82, 2.24) is 4.31 Å². The van der Waals surface area contributed by atoms with Crippen molar-refractivity contribution in [2.75, 3.05) is 12.3 Å². The summed E-state index contributed by atoms with van der Waals surface area (Å²) < 4.78 is 24.9. The van der Waals surface area contributed by atoms with E-state index in [0.29, 0.717) is 6.54 Å². The molecule has 0 radical (unpaired) electrons. The first-order valence-corrected chi connectivity index (χ1v) is 7.30. The number of rotatable bonds is 4. The van der Waals surface area contributed by atoms with Gasteiger partial charge in [0.2, 0.25) is 10.0 Å². The Morgan fingerprint density at radius 3 is 2.56 bits per heavy atom. The quantitative estimate of drug-likeness (QED) is 0.807. The summed E-state index contributed by atoms with van der Waals surface area (Å²) in [6, 6.07) is 9.93. The normalized spacial score (nSPS) is 23.9. The van der Waals surface area contributed by atoms with Crippen LogP contribution < -0.4 is 0 Å². The van der Waals surface area contributed by atoms with E-state index in [2.05, 4.69) is 6.92 Å². The Labute approximate surface area is 97.1 Å². The zero-order valence-corrected chi connectivity index (χ0v) is 10.3. The van der Waals surface area contributed by atoms with Gasteiger partial charge in [-0.05, 0) is 12.0 Å². The van der Waals surface area contributed by atoms with E-state index in [1.165, 1.54) is 0 Å². The second-order valence-electron chi connectivity index (χ2n) is 4.17. The Morgan fingerprint density at radius 2 is 2.00 bits per heavy atom. The van der Waals surface area contributed by atoms with E-state index in [1.807, 2.05) is 30.3 Å². The second-order valence-corrected chi connectivity index (χ2v) is 6.14. The lowest BCUT2D eigenvalue weighted by Gasteiger charge is -2.40. The van der Waals surface area contributed by atoms with E-state index in [4.69, 9.17) is 0 Å². The largest absolute Gasteiger partial charge is 0.216 e. The third-order valence-electron chi connectivity index (χ3n) is 2.99. The molecule has 1 unspecified atom stereocenters. The van der Waals surface area contributed by atoms with Crippen molar-refractivity contribution >= 4 is 10.0 Å². The molecule has 0 N–H and O–H groups in total. The fraction of sp³-hybridized carbons (Fsp3) is 0.500. The van der Waals surface area contributed by atoms with Crippen molar-refractivity contribution in [1.29, 1.82) is 0 Å². The van der Waals surface area contributed by atoms with Crippen LogP contribution in [0.5, 0.6) is 0 Å². The monoisotopic (exact) mass is 239 g/mol. The summed E-state index contributed by atoms with van der Waals surface area (Å²) in [6.45, 7) is 2.72. The summed E-state index contributed by atoms with van der Waals surface area (Å²) >= 11 is 0. The van der Waals surface area contributed by atoms with Crippen molar-refractivity contribution in [2.45, 2.75) is 25.8 Å². The molecule has 1 fully saturated rings. The molecule has 0 aliphatic carbocycles. The molecule has 1 heterocycles. The molecule has 16 heavy (non-hydrogen) atoms. The molecule has 0 saturated carbocycles. The minimum Gasteiger partial charge on any atom is -0.212 e. The van der Waals surface area contributed by atoms with Gasteiger partial charge in [0.15, 0.2) is 0 Å². The molecule has 0 spiro atoms. The molecule has 1 aliphatic heterocycles. The molecule has 2 rings (SSSR count). The zero-order valence-electron chi connectivity index (χ0n) is 9.46. The minimum atomic E-state index is -2.96. The van der Waals surface area contributed by atoms with Crippen molar-refractivity contribution in [3.8, 4) is 0 Å². The fourth-order valence-electron chi connectivity index (χ4n) is 2.03. The molecule has 1 aromatic rings. The maximum Gasteiger partial charge on any atom is 0.216 e. The first kappa shape index (κ1) is 11.6. The van der Waals surface area contributed by atoms with Gasteiger partial charge in [0.1, 0.15) is 0 Å². The molecule has 3 nitrogen and oxygen atoms in total. The van der Waals surface area contributed by atoms with Gasteiger partial charge in [-0.2, -0.15) is 4.31 Å². The van der Waals surface area contributed by atoms with Crippen molar-refractivity contribution < 1.29 is 8.42 Å². The summed E-state index contributed by atoms with van der Waals surface area (Å²) in [5.74, 6) is 0.265. The lowest BCUT2D eigenvalue weighted by Crippen LogP contribution is -2.50. The van der Waals surface area contributed by atoms with Gasteiger partial charge >= 0.3 is 0 Å². The van der Waals surface area contributed by atoms with Crippen LogP contribution in [0.3, 0.4) is 0 Å². The molecule has 1 aromatic carbocycles. The van der Waals surface area contributed by atoms with Gasteiger partial charge in [0, 0.05) is 6.54 Å². The van der Waals surface area contributed by atoms with Gasteiger partial charge in [-0.15, -0.1) is 0 Å². The maximum atomic E-state index is 11.6. The van der Waals surface area contributed by atoms with Crippen molar-refractivity contribution in [2.24, 2.45) is 0 Å². The van der Waals surface area contributed by atoms with Crippen LogP contribution in [0.2, 0.25) is 0 Å². The van der Waals surface area contributed by atoms with Gasteiger partial charge in [-0.1, -0.05) is 43.7 Å². The van der Waals surface area contributed by atoms with Crippen LogP contribution in [0.25, 0.3) is 0 Å². The van der Waals surface area contributed by atoms with Crippen LogP contribution in [-0.2, 0) is 10.0 Å². The molecule has 0 aromatic heterocycles. The third-order valence-corrected chi connectivity index (χ3v) is 4.88. The zero-order chi connectivity index (χ0) is 11.6. The Hall–Kier alpha value is -0.870. The van der Waals surface area contributed by atoms with Gasteiger partial charge in [0.05, 0.1) is 11.8 Å². The number of nitrogens with zero attached hydrogens (tertiary/aromatic N) is 1. The lowest BCUT2D eigenvalue weighted by molar-refractivity contribution is 0.290. The van der Waals surface area contributed by atoms with E-state index >= 15 is 0 Å². The van der Waals surface area contributed by atoms with E-state index in [1.54, 1.807) is 4.31 Å². The average Bonchev–Trinajstić information content (AvgIpc) is 2.28. The van der Waals surface area contributed by atoms with Crippen molar-refractivity contribution in [3.05, 3.63) is 35.9 Å². The van der Waals surface area contributed by atoms with Crippen LogP contribution >= 0.6 is 0 Å². The molecule has 0 bridgehead atoms. The molecule has 88 valence electrons. The van der Waals surface area contributed by atoms with E-state index < -0.39 is 10.0 Å². The van der Waals surface area contributed by atoms with Crippen LogP contribution in [0.15, 0.2) is 30.3 Å². The first-order valence-electron chi connectivity index (χ1n) is 5.69.